The van der Waals surface area contributed by atoms with Crippen molar-refractivity contribution >= 4 is 33.5 Å². The van der Waals surface area contributed by atoms with Crippen molar-refractivity contribution in [3.63, 3.8) is 0 Å². The fraction of sp³-hybridized carbons (Fsp3) is 0.412. The van der Waals surface area contributed by atoms with Gasteiger partial charge in [-0.15, -0.1) is 0 Å². The Morgan fingerprint density at radius 2 is 2.12 bits per heavy atom. The molecule has 0 atom stereocenters. The van der Waals surface area contributed by atoms with Gasteiger partial charge >= 0.3 is 0 Å². The van der Waals surface area contributed by atoms with Gasteiger partial charge < -0.3 is 4.90 Å². The Bertz CT molecular complexity index is 946. The lowest BCUT2D eigenvalue weighted by Crippen LogP contribution is -2.33. The summed E-state index contributed by atoms with van der Waals surface area (Å²) >= 11 is 0. The van der Waals surface area contributed by atoms with Crippen molar-refractivity contribution in [3.05, 3.63) is 35.7 Å². The van der Waals surface area contributed by atoms with E-state index in [1.807, 2.05) is 35.7 Å². The number of hydrogen-bond acceptors (Lipinski definition) is 4. The molecule has 1 aliphatic rings. The minimum absolute atomic E-state index is 0.386. The number of imidazole rings is 1. The monoisotopic (exact) mass is 362 g/mol. The molecule has 8 heteroatoms. The third kappa shape index (κ3) is 3.32. The molecule has 25 heavy (non-hydrogen) atoms. The molecule has 0 N–H and O–H groups in total. The molecule has 0 saturated heterocycles. The van der Waals surface area contributed by atoms with Crippen molar-refractivity contribution in [2.45, 2.75) is 19.8 Å². The average molecular weight is 362 g/mol. The van der Waals surface area contributed by atoms with Crippen LogP contribution in [-0.4, -0.2) is 54.9 Å². The number of pyridine rings is 1. The van der Waals surface area contributed by atoms with Crippen LogP contribution in [0.25, 0.3) is 11.2 Å². The highest BCUT2D eigenvalue weighted by molar-refractivity contribution is 7.88. The van der Waals surface area contributed by atoms with E-state index in [1.165, 1.54) is 15.5 Å². The Morgan fingerprint density at radius 3 is 2.68 bits per heavy atom. The third-order valence-corrected chi connectivity index (χ3v) is 5.77. The van der Waals surface area contributed by atoms with E-state index in [-0.39, 0.29) is 0 Å². The first kappa shape index (κ1) is 17.6. The topological polar surface area (TPSA) is 75.0 Å². The van der Waals surface area contributed by atoms with E-state index in [4.69, 9.17) is 0 Å². The lowest BCUT2D eigenvalue weighted by Gasteiger charge is -2.24. The van der Waals surface area contributed by atoms with E-state index in [0.717, 1.165) is 41.1 Å². The van der Waals surface area contributed by atoms with E-state index in [1.54, 1.807) is 7.05 Å². The summed E-state index contributed by atoms with van der Waals surface area (Å²) in [6.45, 7) is 2.87. The lowest BCUT2D eigenvalue weighted by molar-refractivity contribution is -0.107. The molecule has 0 radical (unpaired) electrons. The Kier molecular flexibility index (Phi) is 4.66. The maximum absolute atomic E-state index is 11.6. The molecule has 0 aliphatic carbocycles. The second kappa shape index (κ2) is 6.61. The van der Waals surface area contributed by atoms with Gasteiger partial charge in [0, 0.05) is 26.3 Å². The van der Waals surface area contributed by atoms with E-state index < -0.39 is 10.0 Å². The van der Waals surface area contributed by atoms with Gasteiger partial charge in [0.15, 0.2) is 0 Å². The van der Waals surface area contributed by atoms with Crippen molar-refractivity contribution in [1.29, 1.82) is 0 Å². The molecule has 134 valence electrons. The quantitative estimate of drug-likeness (QED) is 0.756. The highest BCUT2D eigenvalue weighted by Crippen LogP contribution is 2.27. The summed E-state index contributed by atoms with van der Waals surface area (Å²) in [7, 11) is -1.45. The molecule has 7 nitrogen and oxygen atoms in total. The summed E-state index contributed by atoms with van der Waals surface area (Å²) in [6.07, 6.45) is 7.32. The predicted molar refractivity (Wildman–Crippen MR) is 98.0 cm³/mol. The van der Waals surface area contributed by atoms with Crippen molar-refractivity contribution in [3.8, 4) is 0 Å². The Labute approximate surface area is 147 Å². The zero-order valence-corrected chi connectivity index (χ0v) is 15.5. The minimum Gasteiger partial charge on any atom is -0.302 e. The second-order valence-corrected chi connectivity index (χ2v) is 8.18. The Balaban J connectivity index is 2.02. The number of fused-ring (bicyclic) bond motifs is 1. The van der Waals surface area contributed by atoms with Crippen LogP contribution in [0.15, 0.2) is 24.4 Å². The highest BCUT2D eigenvalue weighted by atomic mass is 32.2. The lowest BCUT2D eigenvalue weighted by atomic mass is 10.0. The van der Waals surface area contributed by atoms with Crippen LogP contribution < -0.4 is 4.90 Å². The van der Waals surface area contributed by atoms with Gasteiger partial charge in [0.2, 0.25) is 16.4 Å². The fourth-order valence-corrected chi connectivity index (χ4v) is 3.91. The average Bonchev–Trinajstić information content (AvgIpc) is 2.98. The predicted octanol–water partition coefficient (Wildman–Crippen LogP) is 1.54. The number of nitrogens with zero attached hydrogens (tertiary/aromatic N) is 4. The Hall–Kier alpha value is -2.19. The molecule has 0 fully saturated rings. The van der Waals surface area contributed by atoms with Crippen molar-refractivity contribution < 1.29 is 13.2 Å². The number of aromatic nitrogens is 2. The summed E-state index contributed by atoms with van der Waals surface area (Å²) < 4.78 is 26.7. The highest BCUT2D eigenvalue weighted by Gasteiger charge is 2.21. The second-order valence-electron chi connectivity index (χ2n) is 6.20. The number of carbonyl (C=O) groups is 1. The van der Waals surface area contributed by atoms with Crippen molar-refractivity contribution in [1.82, 2.24) is 13.7 Å². The van der Waals surface area contributed by atoms with Crippen LogP contribution in [0.1, 0.15) is 24.6 Å². The van der Waals surface area contributed by atoms with E-state index in [2.05, 4.69) is 4.98 Å². The van der Waals surface area contributed by atoms with Gasteiger partial charge in [-0.25, -0.2) is 13.4 Å². The van der Waals surface area contributed by atoms with Crippen LogP contribution in [0, 0.1) is 0 Å². The number of anilines is 1. The van der Waals surface area contributed by atoms with Gasteiger partial charge in [0.1, 0.15) is 11.5 Å². The normalized spacial score (nSPS) is 16.0. The first-order valence-electron chi connectivity index (χ1n) is 8.18. The standard InChI is InChI=1S/C17H22N4O3S/c1-4-15-17(19(2)12-22)21-11-14(5-6-16(21)18-15)13-7-9-20(10-8-13)25(3,23)24/h5-7,11-12H,4,8-10H2,1-3H3. The molecule has 3 rings (SSSR count). The molecule has 1 amide bonds. The molecule has 1 aliphatic heterocycles. The molecule has 3 heterocycles. The number of sulfonamides is 1. The van der Waals surface area contributed by atoms with E-state index >= 15 is 0 Å². The molecule has 2 aromatic heterocycles. The summed E-state index contributed by atoms with van der Waals surface area (Å²) in [5, 5.41) is 0. The fourth-order valence-electron chi connectivity index (χ4n) is 3.15. The molecule has 0 aromatic carbocycles. The smallest absolute Gasteiger partial charge is 0.215 e. The molecule has 0 bridgehead atoms. The van der Waals surface area contributed by atoms with Gasteiger partial charge in [-0.05, 0) is 36.1 Å². The SMILES string of the molecule is CCc1nc2ccc(C3=CCN(S(C)(=O)=O)CC3)cn2c1N(C)C=O. The van der Waals surface area contributed by atoms with Crippen LogP contribution in [-0.2, 0) is 21.2 Å². The first-order chi connectivity index (χ1) is 11.8. The molecule has 0 saturated carbocycles. The van der Waals surface area contributed by atoms with Gasteiger partial charge in [0.05, 0.1) is 11.9 Å². The summed E-state index contributed by atoms with van der Waals surface area (Å²) in [5.41, 5.74) is 3.78. The molecular formula is C17H22N4O3S. The maximum Gasteiger partial charge on any atom is 0.215 e. The zero-order chi connectivity index (χ0) is 18.2. The molecule has 2 aromatic rings. The van der Waals surface area contributed by atoms with Crippen LogP contribution in [0.5, 0.6) is 0 Å². The summed E-state index contributed by atoms with van der Waals surface area (Å²) in [6, 6.07) is 3.93. The third-order valence-electron chi connectivity index (χ3n) is 4.50. The van der Waals surface area contributed by atoms with E-state index in [0.29, 0.717) is 19.5 Å². The maximum atomic E-state index is 11.6. The zero-order valence-electron chi connectivity index (χ0n) is 14.6. The number of aryl methyl sites for hydroxylation is 1. The largest absolute Gasteiger partial charge is 0.302 e. The number of rotatable bonds is 5. The summed E-state index contributed by atoms with van der Waals surface area (Å²) in [5.74, 6) is 0.767. The molecule has 0 spiro atoms. The van der Waals surface area contributed by atoms with Crippen molar-refractivity contribution in [2.24, 2.45) is 0 Å². The van der Waals surface area contributed by atoms with Crippen LogP contribution in [0.3, 0.4) is 0 Å². The van der Waals surface area contributed by atoms with Crippen LogP contribution >= 0.6 is 0 Å². The van der Waals surface area contributed by atoms with Gasteiger partial charge in [-0.1, -0.05) is 13.0 Å². The van der Waals surface area contributed by atoms with Gasteiger partial charge in [-0.3, -0.25) is 9.20 Å². The van der Waals surface area contributed by atoms with Gasteiger partial charge in [0.25, 0.3) is 0 Å². The first-order valence-corrected chi connectivity index (χ1v) is 10.0. The minimum atomic E-state index is -3.16. The number of amides is 1. The van der Waals surface area contributed by atoms with Gasteiger partial charge in [-0.2, -0.15) is 4.31 Å². The van der Waals surface area contributed by atoms with Crippen molar-refractivity contribution in [2.75, 3.05) is 31.3 Å². The van der Waals surface area contributed by atoms with Crippen LogP contribution in [0.4, 0.5) is 5.82 Å². The number of carbonyl (C=O) groups excluding carboxylic acids is 1. The Morgan fingerprint density at radius 1 is 1.36 bits per heavy atom. The van der Waals surface area contributed by atoms with Crippen LogP contribution in [0.2, 0.25) is 0 Å². The summed E-state index contributed by atoms with van der Waals surface area (Å²) in [4.78, 5) is 17.4. The molecule has 0 unspecified atom stereocenters. The number of hydrogen-bond donors (Lipinski definition) is 0. The molecular weight excluding hydrogens is 340 g/mol. The van der Waals surface area contributed by atoms with E-state index in [9.17, 15) is 13.2 Å².